The molecular formula is C25H31N3O5S. The van der Waals surface area contributed by atoms with Gasteiger partial charge in [0.1, 0.15) is 5.76 Å². The van der Waals surface area contributed by atoms with Gasteiger partial charge in [-0.05, 0) is 56.9 Å². The fourth-order valence-corrected chi connectivity index (χ4v) is 5.81. The number of piperazine rings is 1. The third kappa shape index (κ3) is 5.65. The second kappa shape index (κ2) is 10.7. The second-order valence-electron chi connectivity index (χ2n) is 8.76. The lowest BCUT2D eigenvalue weighted by Gasteiger charge is -2.35. The summed E-state index contributed by atoms with van der Waals surface area (Å²) in [5, 5.41) is 0. The molecule has 1 fully saturated rings. The highest BCUT2D eigenvalue weighted by Crippen LogP contribution is 2.24. The molecule has 0 atom stereocenters. The molecule has 2 heterocycles. The highest BCUT2D eigenvalue weighted by atomic mass is 32.2. The standard InChI is InChI=1S/C25H31N3O5S/c1-20(29)21-9-11-24(12-10-21)34(31,32)27-15-13-26(14-16-27)19-25(30)28(18-23-8-5-17-33-23)22-6-3-2-4-7-22/h5-6,8-12,17H,2-4,7,13-16,18-19H2,1H3. The minimum atomic E-state index is -3.65. The van der Waals surface area contributed by atoms with Crippen molar-refractivity contribution < 1.29 is 22.4 Å². The van der Waals surface area contributed by atoms with Crippen molar-refractivity contribution in [2.75, 3.05) is 32.7 Å². The van der Waals surface area contributed by atoms with E-state index in [1.807, 2.05) is 21.9 Å². The molecule has 9 heteroatoms. The van der Waals surface area contributed by atoms with E-state index in [-0.39, 0.29) is 23.1 Å². The first-order valence-electron chi connectivity index (χ1n) is 11.7. The molecule has 1 aromatic heterocycles. The SMILES string of the molecule is CC(=O)c1ccc(S(=O)(=O)N2CCN(CC(=O)N(Cc3ccco3)C3=CCCCC3)CC2)cc1. The predicted molar refractivity (Wildman–Crippen MR) is 127 cm³/mol. The summed E-state index contributed by atoms with van der Waals surface area (Å²) in [7, 11) is -3.65. The summed E-state index contributed by atoms with van der Waals surface area (Å²) in [5.74, 6) is 0.638. The quantitative estimate of drug-likeness (QED) is 0.533. The van der Waals surface area contributed by atoms with E-state index in [0.29, 0.717) is 38.3 Å². The van der Waals surface area contributed by atoms with E-state index in [9.17, 15) is 18.0 Å². The molecule has 182 valence electrons. The first-order valence-corrected chi connectivity index (χ1v) is 13.1. The highest BCUT2D eigenvalue weighted by Gasteiger charge is 2.30. The lowest BCUT2D eigenvalue weighted by Crippen LogP contribution is -2.51. The molecule has 1 amide bonds. The maximum atomic E-state index is 13.3. The molecule has 0 bridgehead atoms. The van der Waals surface area contributed by atoms with Gasteiger partial charge in [0.25, 0.3) is 0 Å². The zero-order valence-corrected chi connectivity index (χ0v) is 20.3. The van der Waals surface area contributed by atoms with Gasteiger partial charge in [0.2, 0.25) is 15.9 Å². The molecule has 1 aliphatic carbocycles. The highest BCUT2D eigenvalue weighted by molar-refractivity contribution is 7.89. The Morgan fingerprint density at radius 2 is 1.76 bits per heavy atom. The zero-order chi connectivity index (χ0) is 24.1. The maximum Gasteiger partial charge on any atom is 0.243 e. The van der Waals surface area contributed by atoms with E-state index in [1.54, 1.807) is 6.26 Å². The van der Waals surface area contributed by atoms with Gasteiger partial charge in [-0.3, -0.25) is 14.5 Å². The van der Waals surface area contributed by atoms with E-state index in [2.05, 4.69) is 6.08 Å². The topological polar surface area (TPSA) is 91.1 Å². The van der Waals surface area contributed by atoms with Crippen LogP contribution in [0.1, 0.15) is 48.7 Å². The average molecular weight is 486 g/mol. The summed E-state index contributed by atoms with van der Waals surface area (Å²) in [6, 6.07) is 9.73. The van der Waals surface area contributed by atoms with Crippen LogP contribution in [-0.4, -0.2) is 66.9 Å². The molecule has 0 N–H and O–H groups in total. The lowest BCUT2D eigenvalue weighted by atomic mass is 10.0. The fourth-order valence-electron chi connectivity index (χ4n) is 4.39. The van der Waals surface area contributed by atoms with Crippen molar-refractivity contribution in [1.29, 1.82) is 0 Å². The van der Waals surface area contributed by atoms with Crippen LogP contribution in [0.4, 0.5) is 0 Å². The van der Waals surface area contributed by atoms with Crippen molar-refractivity contribution in [3.8, 4) is 0 Å². The molecule has 1 aromatic carbocycles. The van der Waals surface area contributed by atoms with Gasteiger partial charge in [0, 0.05) is 37.4 Å². The van der Waals surface area contributed by atoms with Crippen LogP contribution in [-0.2, 0) is 21.4 Å². The number of benzene rings is 1. The number of ketones is 1. The van der Waals surface area contributed by atoms with E-state index < -0.39 is 10.0 Å². The van der Waals surface area contributed by atoms with Crippen LogP contribution >= 0.6 is 0 Å². The Morgan fingerprint density at radius 1 is 1.03 bits per heavy atom. The molecule has 1 aliphatic heterocycles. The number of furan rings is 1. The maximum absolute atomic E-state index is 13.3. The summed E-state index contributed by atoms with van der Waals surface area (Å²) < 4.78 is 33.0. The molecule has 1 saturated heterocycles. The van der Waals surface area contributed by atoms with Crippen molar-refractivity contribution in [3.05, 3.63) is 65.8 Å². The Morgan fingerprint density at radius 3 is 2.35 bits per heavy atom. The first-order chi connectivity index (χ1) is 16.3. The average Bonchev–Trinajstić information content (AvgIpc) is 3.37. The molecule has 0 unspecified atom stereocenters. The van der Waals surface area contributed by atoms with E-state index in [1.165, 1.54) is 35.5 Å². The number of amides is 1. The van der Waals surface area contributed by atoms with Gasteiger partial charge in [-0.25, -0.2) is 8.42 Å². The molecule has 2 aliphatic rings. The molecule has 8 nitrogen and oxygen atoms in total. The molecule has 0 spiro atoms. The Balaban J connectivity index is 1.37. The van der Waals surface area contributed by atoms with Crippen LogP contribution in [0.5, 0.6) is 0 Å². The smallest absolute Gasteiger partial charge is 0.243 e. The van der Waals surface area contributed by atoms with Crippen LogP contribution in [0.3, 0.4) is 0 Å². The van der Waals surface area contributed by atoms with Gasteiger partial charge < -0.3 is 9.32 Å². The van der Waals surface area contributed by atoms with Crippen LogP contribution in [0, 0.1) is 0 Å². The van der Waals surface area contributed by atoms with E-state index in [4.69, 9.17) is 4.42 Å². The molecule has 34 heavy (non-hydrogen) atoms. The monoisotopic (exact) mass is 485 g/mol. The summed E-state index contributed by atoms with van der Waals surface area (Å²) >= 11 is 0. The molecule has 0 saturated carbocycles. The zero-order valence-electron chi connectivity index (χ0n) is 19.5. The van der Waals surface area contributed by atoms with Crippen molar-refractivity contribution >= 4 is 21.7 Å². The number of carbonyl (C=O) groups is 2. The van der Waals surface area contributed by atoms with Crippen molar-refractivity contribution in [2.45, 2.75) is 44.0 Å². The van der Waals surface area contributed by atoms with E-state index >= 15 is 0 Å². The van der Waals surface area contributed by atoms with Gasteiger partial charge in [-0.2, -0.15) is 4.31 Å². The predicted octanol–water partition coefficient (Wildman–Crippen LogP) is 3.28. The number of Topliss-reactive ketones (excluding diaryl/α,β-unsaturated/α-hetero) is 1. The van der Waals surface area contributed by atoms with Crippen molar-refractivity contribution in [1.82, 2.24) is 14.1 Å². The number of rotatable bonds is 8. The number of hydrogen-bond acceptors (Lipinski definition) is 6. The summed E-state index contributed by atoms with van der Waals surface area (Å²) in [6.07, 6.45) is 7.81. The van der Waals surface area contributed by atoms with Gasteiger partial charge in [-0.1, -0.05) is 18.2 Å². The molecule has 2 aromatic rings. The van der Waals surface area contributed by atoms with Crippen molar-refractivity contribution in [3.63, 3.8) is 0 Å². The molecule has 0 radical (unpaired) electrons. The van der Waals surface area contributed by atoms with Gasteiger partial charge in [0.15, 0.2) is 5.78 Å². The normalized spacial score (nSPS) is 17.9. The van der Waals surface area contributed by atoms with Gasteiger partial charge >= 0.3 is 0 Å². The Hall–Kier alpha value is -2.75. The third-order valence-corrected chi connectivity index (χ3v) is 8.31. The summed E-state index contributed by atoms with van der Waals surface area (Å²) in [5.41, 5.74) is 1.53. The number of allylic oxidation sites excluding steroid dienone is 2. The fraction of sp³-hybridized carbons (Fsp3) is 0.440. The van der Waals surface area contributed by atoms with Gasteiger partial charge in [-0.15, -0.1) is 0 Å². The minimum absolute atomic E-state index is 0.000628. The van der Waals surface area contributed by atoms with E-state index in [0.717, 1.165) is 37.1 Å². The lowest BCUT2D eigenvalue weighted by molar-refractivity contribution is -0.131. The van der Waals surface area contributed by atoms with Crippen LogP contribution in [0.15, 0.2) is 63.7 Å². The largest absolute Gasteiger partial charge is 0.467 e. The minimum Gasteiger partial charge on any atom is -0.467 e. The number of nitrogens with zero attached hydrogens (tertiary/aromatic N) is 3. The van der Waals surface area contributed by atoms with Crippen LogP contribution < -0.4 is 0 Å². The van der Waals surface area contributed by atoms with Crippen LogP contribution in [0.25, 0.3) is 0 Å². The number of sulfonamides is 1. The molecule has 4 rings (SSSR count). The Bertz CT molecular complexity index is 1130. The molecular weight excluding hydrogens is 454 g/mol. The van der Waals surface area contributed by atoms with Crippen molar-refractivity contribution in [2.24, 2.45) is 0 Å². The third-order valence-electron chi connectivity index (χ3n) is 6.40. The van der Waals surface area contributed by atoms with Crippen LogP contribution in [0.2, 0.25) is 0 Å². The van der Waals surface area contributed by atoms with Gasteiger partial charge in [0.05, 0.1) is 24.2 Å². The Kier molecular flexibility index (Phi) is 7.65. The summed E-state index contributed by atoms with van der Waals surface area (Å²) in [6.45, 7) is 3.66. The first kappa shape index (κ1) is 24.4. The number of hydrogen-bond donors (Lipinski definition) is 0. The Labute approximate surface area is 200 Å². The summed E-state index contributed by atoms with van der Waals surface area (Å²) in [4.78, 5) is 28.7. The number of carbonyl (C=O) groups excluding carboxylic acids is 2. The second-order valence-corrected chi connectivity index (χ2v) is 10.7.